The zero-order chi connectivity index (χ0) is 10.0. The molecule has 0 bridgehead atoms. The highest BCUT2D eigenvalue weighted by molar-refractivity contribution is 6.59. The van der Waals surface area contributed by atoms with Crippen molar-refractivity contribution in [1.82, 2.24) is 0 Å². The summed E-state index contributed by atoms with van der Waals surface area (Å²) in [6, 6.07) is 3.98. The Morgan fingerprint density at radius 1 is 1.38 bits per heavy atom. The summed E-state index contributed by atoms with van der Waals surface area (Å²) in [6.45, 7) is 0. The van der Waals surface area contributed by atoms with Gasteiger partial charge in [0, 0.05) is 10.6 Å². The molecule has 13 heavy (non-hydrogen) atoms. The van der Waals surface area contributed by atoms with Crippen LogP contribution in [0.1, 0.15) is 10.4 Å². The Balaban J connectivity index is 3.19. The fourth-order valence-electron chi connectivity index (χ4n) is 0.904. The molecule has 0 fully saturated rings. The van der Waals surface area contributed by atoms with Gasteiger partial charge in [0.25, 0.3) is 0 Å². The van der Waals surface area contributed by atoms with Crippen molar-refractivity contribution in [1.29, 1.82) is 0 Å². The number of carbonyl (C=O) groups is 1. The predicted molar refractivity (Wildman–Crippen MR) is 49.8 cm³/mol. The molecular formula is C7H7BClNO3. The predicted octanol–water partition coefficient (Wildman–Crippen LogP) is -0.881. The molecule has 1 rings (SSSR count). The third-order valence-corrected chi connectivity index (χ3v) is 1.72. The monoisotopic (exact) mass is 199 g/mol. The number of benzene rings is 1. The van der Waals surface area contributed by atoms with Crippen molar-refractivity contribution in [3.63, 3.8) is 0 Å². The molecule has 68 valence electrons. The highest BCUT2D eigenvalue weighted by Crippen LogP contribution is 2.08. The first-order valence-corrected chi connectivity index (χ1v) is 3.85. The van der Waals surface area contributed by atoms with Gasteiger partial charge in [-0.15, -0.1) is 0 Å². The Hall–Kier alpha value is -1.04. The zero-order valence-corrected chi connectivity index (χ0v) is 7.32. The van der Waals surface area contributed by atoms with E-state index in [-0.39, 0.29) is 16.0 Å². The van der Waals surface area contributed by atoms with E-state index in [1.54, 1.807) is 0 Å². The topological polar surface area (TPSA) is 83.6 Å². The van der Waals surface area contributed by atoms with E-state index in [0.29, 0.717) is 0 Å². The van der Waals surface area contributed by atoms with Crippen LogP contribution in [0.2, 0.25) is 5.02 Å². The maximum absolute atomic E-state index is 10.7. The molecule has 0 unspecified atom stereocenters. The van der Waals surface area contributed by atoms with E-state index in [4.69, 9.17) is 27.4 Å². The SMILES string of the molecule is NC(=O)c1cc(Cl)cc(B(O)O)c1. The van der Waals surface area contributed by atoms with Gasteiger partial charge in [-0.25, -0.2) is 0 Å². The molecule has 1 amide bonds. The number of amides is 1. The summed E-state index contributed by atoms with van der Waals surface area (Å²) >= 11 is 5.61. The van der Waals surface area contributed by atoms with E-state index in [2.05, 4.69) is 0 Å². The number of carbonyl (C=O) groups excluding carboxylic acids is 1. The third-order valence-electron chi connectivity index (χ3n) is 1.50. The van der Waals surface area contributed by atoms with Crippen molar-refractivity contribution in [3.05, 3.63) is 28.8 Å². The van der Waals surface area contributed by atoms with Crippen LogP contribution in [0.15, 0.2) is 18.2 Å². The van der Waals surface area contributed by atoms with E-state index in [1.807, 2.05) is 0 Å². The highest BCUT2D eigenvalue weighted by atomic mass is 35.5. The molecule has 4 nitrogen and oxygen atoms in total. The van der Waals surface area contributed by atoms with Crippen molar-refractivity contribution in [2.75, 3.05) is 0 Å². The van der Waals surface area contributed by atoms with Gasteiger partial charge in [0.1, 0.15) is 0 Å². The van der Waals surface area contributed by atoms with Gasteiger partial charge < -0.3 is 15.8 Å². The van der Waals surface area contributed by atoms with Gasteiger partial charge in [-0.1, -0.05) is 11.6 Å². The minimum Gasteiger partial charge on any atom is -0.423 e. The molecule has 0 radical (unpaired) electrons. The number of rotatable bonds is 2. The van der Waals surface area contributed by atoms with E-state index in [0.717, 1.165) is 0 Å². The maximum atomic E-state index is 10.7. The lowest BCUT2D eigenvalue weighted by molar-refractivity contribution is 0.100. The van der Waals surface area contributed by atoms with Gasteiger partial charge in [0.2, 0.25) is 5.91 Å². The van der Waals surface area contributed by atoms with E-state index < -0.39 is 13.0 Å². The normalized spacial score (nSPS) is 9.77. The maximum Gasteiger partial charge on any atom is 0.488 e. The second kappa shape index (κ2) is 3.78. The lowest BCUT2D eigenvalue weighted by Crippen LogP contribution is -2.31. The molecule has 6 heteroatoms. The fourth-order valence-corrected chi connectivity index (χ4v) is 1.15. The average Bonchev–Trinajstić information content (AvgIpc) is 2.03. The molecule has 1 aromatic rings. The number of primary amides is 1. The summed E-state index contributed by atoms with van der Waals surface area (Å²) < 4.78 is 0. The third kappa shape index (κ3) is 2.45. The number of nitrogens with two attached hydrogens (primary N) is 1. The molecule has 0 aliphatic heterocycles. The molecule has 0 aliphatic carbocycles. The van der Waals surface area contributed by atoms with Crippen LogP contribution in [0.4, 0.5) is 0 Å². The first kappa shape index (κ1) is 10.0. The van der Waals surface area contributed by atoms with E-state index >= 15 is 0 Å². The summed E-state index contributed by atoms with van der Waals surface area (Å²) in [7, 11) is -1.66. The van der Waals surface area contributed by atoms with Crippen molar-refractivity contribution < 1.29 is 14.8 Å². The Bertz CT molecular complexity index is 343. The Morgan fingerprint density at radius 3 is 2.46 bits per heavy atom. The van der Waals surface area contributed by atoms with Crippen LogP contribution < -0.4 is 11.2 Å². The van der Waals surface area contributed by atoms with Gasteiger partial charge >= 0.3 is 7.12 Å². The molecule has 0 aliphatic rings. The second-order valence-electron chi connectivity index (χ2n) is 2.51. The minimum absolute atomic E-state index is 0.140. The molecule has 4 N–H and O–H groups in total. The molecule has 1 aromatic carbocycles. The standard InChI is InChI=1S/C7H7BClNO3/c9-6-2-4(7(10)11)1-5(3-6)8(12)13/h1-3,12-13H,(H2,10,11). The minimum atomic E-state index is -1.66. The molecular weight excluding hydrogens is 192 g/mol. The van der Waals surface area contributed by atoms with E-state index in [1.165, 1.54) is 18.2 Å². The summed E-state index contributed by atoms with van der Waals surface area (Å²) in [5.74, 6) is -0.663. The molecule has 0 aromatic heterocycles. The Morgan fingerprint density at radius 2 is 2.00 bits per heavy atom. The molecule has 0 saturated heterocycles. The molecule has 0 atom stereocenters. The summed E-state index contributed by atoms with van der Waals surface area (Å²) in [5.41, 5.74) is 5.28. The molecule has 0 spiro atoms. The largest absolute Gasteiger partial charge is 0.488 e. The van der Waals surface area contributed by atoms with Crippen molar-refractivity contribution in [2.45, 2.75) is 0 Å². The quantitative estimate of drug-likeness (QED) is 0.541. The van der Waals surface area contributed by atoms with Crippen LogP contribution in [-0.4, -0.2) is 23.1 Å². The Labute approximate surface area is 80.1 Å². The van der Waals surface area contributed by atoms with Gasteiger partial charge in [-0.3, -0.25) is 4.79 Å². The Kier molecular flexibility index (Phi) is 2.92. The lowest BCUT2D eigenvalue weighted by atomic mass is 9.79. The number of halogens is 1. The first-order chi connectivity index (χ1) is 6.00. The van der Waals surface area contributed by atoms with Crippen LogP contribution in [-0.2, 0) is 0 Å². The molecule has 0 saturated carbocycles. The second-order valence-corrected chi connectivity index (χ2v) is 2.95. The van der Waals surface area contributed by atoms with Crippen LogP contribution in [0.25, 0.3) is 0 Å². The van der Waals surface area contributed by atoms with Gasteiger partial charge in [0.15, 0.2) is 0 Å². The summed E-state index contributed by atoms with van der Waals surface area (Å²) in [4.78, 5) is 10.7. The number of hydrogen-bond donors (Lipinski definition) is 3. The molecule has 0 heterocycles. The average molecular weight is 199 g/mol. The van der Waals surface area contributed by atoms with Crippen LogP contribution in [0.3, 0.4) is 0 Å². The van der Waals surface area contributed by atoms with E-state index in [9.17, 15) is 4.79 Å². The fraction of sp³-hybridized carbons (Fsp3) is 0. The van der Waals surface area contributed by atoms with Crippen molar-refractivity contribution in [3.8, 4) is 0 Å². The van der Waals surface area contributed by atoms with Crippen LogP contribution >= 0.6 is 11.6 Å². The zero-order valence-electron chi connectivity index (χ0n) is 6.57. The van der Waals surface area contributed by atoms with Crippen molar-refractivity contribution in [2.24, 2.45) is 5.73 Å². The smallest absolute Gasteiger partial charge is 0.423 e. The van der Waals surface area contributed by atoms with Crippen LogP contribution in [0.5, 0.6) is 0 Å². The van der Waals surface area contributed by atoms with Gasteiger partial charge in [0.05, 0.1) is 0 Å². The summed E-state index contributed by atoms with van der Waals surface area (Å²) in [6.07, 6.45) is 0. The van der Waals surface area contributed by atoms with Crippen LogP contribution in [0, 0.1) is 0 Å². The highest BCUT2D eigenvalue weighted by Gasteiger charge is 2.13. The van der Waals surface area contributed by atoms with Gasteiger partial charge in [-0.05, 0) is 23.7 Å². The lowest BCUT2D eigenvalue weighted by Gasteiger charge is -2.02. The number of hydrogen-bond acceptors (Lipinski definition) is 3. The van der Waals surface area contributed by atoms with Crippen molar-refractivity contribution >= 4 is 30.1 Å². The summed E-state index contributed by atoms with van der Waals surface area (Å²) in [5, 5.41) is 17.8. The first-order valence-electron chi connectivity index (χ1n) is 3.47. The van der Waals surface area contributed by atoms with Gasteiger partial charge in [-0.2, -0.15) is 0 Å².